The molecule has 0 atom stereocenters. The Balaban J connectivity index is 2.76. The average molecular weight is 232 g/mol. The largest absolute Gasteiger partial charge is 0.508 e. The molecule has 0 bridgehead atoms. The van der Waals surface area contributed by atoms with Crippen LogP contribution in [0.1, 0.15) is 18.2 Å². The number of fused-ring (bicyclic) bond motifs is 1. The first-order chi connectivity index (χ1) is 7.99. The molecule has 1 aromatic carbocycles. The molecule has 88 valence electrons. The zero-order valence-corrected chi connectivity index (χ0v) is 9.61. The Morgan fingerprint density at radius 3 is 2.76 bits per heavy atom. The van der Waals surface area contributed by atoms with Crippen molar-refractivity contribution in [2.45, 2.75) is 20.3 Å². The van der Waals surface area contributed by atoms with Crippen molar-refractivity contribution >= 4 is 16.8 Å². The fourth-order valence-corrected chi connectivity index (χ4v) is 1.79. The van der Waals surface area contributed by atoms with E-state index in [1.807, 2.05) is 0 Å². The van der Waals surface area contributed by atoms with Crippen LogP contribution in [0.4, 0.5) is 0 Å². The summed E-state index contributed by atoms with van der Waals surface area (Å²) in [5, 5.41) is 9.69. The van der Waals surface area contributed by atoms with Gasteiger partial charge < -0.3 is 9.52 Å². The molecule has 0 saturated carbocycles. The van der Waals surface area contributed by atoms with Crippen molar-refractivity contribution in [1.29, 1.82) is 0 Å². The number of ketones is 1. The van der Waals surface area contributed by atoms with E-state index in [2.05, 4.69) is 0 Å². The highest BCUT2D eigenvalue weighted by Gasteiger charge is 2.13. The Morgan fingerprint density at radius 2 is 2.12 bits per heavy atom. The van der Waals surface area contributed by atoms with Crippen LogP contribution in [0.5, 0.6) is 5.75 Å². The number of Topliss-reactive ketones (excluding diaryl/α,β-unsaturated/α-hetero) is 1. The van der Waals surface area contributed by atoms with Crippen LogP contribution in [0.3, 0.4) is 0 Å². The van der Waals surface area contributed by atoms with Gasteiger partial charge in [0, 0.05) is 18.1 Å². The van der Waals surface area contributed by atoms with Gasteiger partial charge in [-0.2, -0.15) is 0 Å². The Morgan fingerprint density at radius 1 is 1.41 bits per heavy atom. The average Bonchev–Trinajstić information content (AvgIpc) is 2.23. The van der Waals surface area contributed by atoms with Crippen molar-refractivity contribution in [2.24, 2.45) is 0 Å². The van der Waals surface area contributed by atoms with Gasteiger partial charge in [0.25, 0.3) is 0 Å². The van der Waals surface area contributed by atoms with Crippen LogP contribution in [-0.2, 0) is 11.2 Å². The van der Waals surface area contributed by atoms with Gasteiger partial charge in [-0.1, -0.05) is 0 Å². The second kappa shape index (κ2) is 4.05. The van der Waals surface area contributed by atoms with Gasteiger partial charge in [-0.15, -0.1) is 0 Å². The van der Waals surface area contributed by atoms with E-state index in [-0.39, 0.29) is 23.4 Å². The molecule has 0 aliphatic rings. The van der Waals surface area contributed by atoms with E-state index in [1.165, 1.54) is 25.1 Å². The maximum absolute atomic E-state index is 12.1. The monoisotopic (exact) mass is 232 g/mol. The number of carbonyl (C=O) groups is 1. The highest BCUT2D eigenvalue weighted by atomic mass is 16.3. The third-order valence-corrected chi connectivity index (χ3v) is 2.60. The molecule has 0 aliphatic carbocycles. The Bertz CT molecular complexity index is 652. The first kappa shape index (κ1) is 11.4. The lowest BCUT2D eigenvalue weighted by molar-refractivity contribution is -0.116. The van der Waals surface area contributed by atoms with Gasteiger partial charge in [0.2, 0.25) is 0 Å². The molecule has 0 unspecified atom stereocenters. The highest BCUT2D eigenvalue weighted by Crippen LogP contribution is 2.20. The second-order valence-corrected chi connectivity index (χ2v) is 4.03. The fourth-order valence-electron chi connectivity index (χ4n) is 1.79. The summed E-state index contributed by atoms with van der Waals surface area (Å²) in [5.41, 5.74) is 0.509. The van der Waals surface area contributed by atoms with Crippen molar-refractivity contribution in [3.05, 3.63) is 39.7 Å². The molecule has 1 heterocycles. The third-order valence-electron chi connectivity index (χ3n) is 2.60. The number of aryl methyl sites for hydroxylation is 1. The van der Waals surface area contributed by atoms with E-state index in [0.29, 0.717) is 22.3 Å². The number of hydrogen-bond donors (Lipinski definition) is 1. The first-order valence-corrected chi connectivity index (χ1v) is 5.24. The van der Waals surface area contributed by atoms with E-state index in [4.69, 9.17) is 4.42 Å². The lowest BCUT2D eigenvalue weighted by Crippen LogP contribution is -2.14. The molecular weight excluding hydrogens is 220 g/mol. The van der Waals surface area contributed by atoms with Gasteiger partial charge in [0.05, 0.1) is 5.39 Å². The summed E-state index contributed by atoms with van der Waals surface area (Å²) < 4.78 is 5.44. The van der Waals surface area contributed by atoms with Crippen molar-refractivity contribution in [3.63, 3.8) is 0 Å². The maximum Gasteiger partial charge on any atom is 0.196 e. The zero-order chi connectivity index (χ0) is 12.6. The van der Waals surface area contributed by atoms with Crippen LogP contribution >= 0.6 is 0 Å². The van der Waals surface area contributed by atoms with Crippen LogP contribution in [0.2, 0.25) is 0 Å². The number of aromatic hydroxyl groups is 1. The number of rotatable bonds is 2. The minimum atomic E-state index is -0.209. The normalized spacial score (nSPS) is 10.7. The Labute approximate surface area is 97.5 Å². The van der Waals surface area contributed by atoms with E-state index < -0.39 is 0 Å². The van der Waals surface area contributed by atoms with Crippen LogP contribution in [0.15, 0.2) is 27.4 Å². The molecule has 0 radical (unpaired) electrons. The SMILES string of the molecule is CC(=O)Cc1c(C)oc2cc(O)ccc2c1=O. The lowest BCUT2D eigenvalue weighted by atomic mass is 10.1. The molecule has 1 N–H and O–H groups in total. The van der Waals surface area contributed by atoms with Crippen LogP contribution in [-0.4, -0.2) is 10.9 Å². The summed E-state index contributed by atoms with van der Waals surface area (Å²) in [6.45, 7) is 3.07. The summed E-state index contributed by atoms with van der Waals surface area (Å²) in [6.07, 6.45) is 0.0744. The predicted molar refractivity (Wildman–Crippen MR) is 63.3 cm³/mol. The van der Waals surface area contributed by atoms with Crippen molar-refractivity contribution in [3.8, 4) is 5.75 Å². The molecule has 4 nitrogen and oxygen atoms in total. The minimum Gasteiger partial charge on any atom is -0.508 e. The van der Waals surface area contributed by atoms with E-state index in [9.17, 15) is 14.7 Å². The maximum atomic E-state index is 12.1. The molecule has 2 rings (SSSR count). The molecule has 17 heavy (non-hydrogen) atoms. The van der Waals surface area contributed by atoms with Gasteiger partial charge in [-0.05, 0) is 26.0 Å². The zero-order valence-electron chi connectivity index (χ0n) is 9.61. The van der Waals surface area contributed by atoms with Gasteiger partial charge >= 0.3 is 0 Å². The molecule has 1 aromatic heterocycles. The van der Waals surface area contributed by atoms with Gasteiger partial charge in [0.1, 0.15) is 22.9 Å². The van der Waals surface area contributed by atoms with Crippen molar-refractivity contribution in [2.75, 3.05) is 0 Å². The molecule has 0 saturated heterocycles. The van der Waals surface area contributed by atoms with Gasteiger partial charge in [-0.25, -0.2) is 0 Å². The quantitative estimate of drug-likeness (QED) is 0.859. The predicted octanol–water partition coefficient (Wildman–Crippen LogP) is 1.94. The lowest BCUT2D eigenvalue weighted by Gasteiger charge is -2.05. The molecule has 2 aromatic rings. The summed E-state index contributed by atoms with van der Waals surface area (Å²) >= 11 is 0. The second-order valence-electron chi connectivity index (χ2n) is 4.03. The van der Waals surface area contributed by atoms with E-state index in [0.717, 1.165) is 0 Å². The first-order valence-electron chi connectivity index (χ1n) is 5.24. The van der Waals surface area contributed by atoms with Crippen LogP contribution < -0.4 is 5.43 Å². The molecule has 4 heteroatoms. The topological polar surface area (TPSA) is 67.5 Å². The Hall–Kier alpha value is -2.10. The number of benzene rings is 1. The van der Waals surface area contributed by atoms with Crippen LogP contribution in [0.25, 0.3) is 11.0 Å². The molecule has 0 aliphatic heterocycles. The summed E-state index contributed by atoms with van der Waals surface area (Å²) in [5.74, 6) is 0.376. The molecule has 0 amide bonds. The molecular formula is C13H12O4. The number of phenolic OH excluding ortho intramolecular Hbond substituents is 1. The minimum absolute atomic E-state index is 0.0411. The van der Waals surface area contributed by atoms with Gasteiger partial charge in [-0.3, -0.25) is 9.59 Å². The standard InChI is InChI=1S/C13H12O4/c1-7(14)5-11-8(2)17-12-6-9(15)3-4-10(12)13(11)16/h3-4,6,15H,5H2,1-2H3. The van der Waals surface area contributed by atoms with Crippen LogP contribution in [0, 0.1) is 6.92 Å². The Kier molecular flexibility index (Phi) is 2.71. The number of phenols is 1. The smallest absolute Gasteiger partial charge is 0.196 e. The third kappa shape index (κ3) is 2.06. The van der Waals surface area contributed by atoms with Crippen molar-refractivity contribution < 1.29 is 14.3 Å². The van der Waals surface area contributed by atoms with E-state index in [1.54, 1.807) is 6.92 Å². The summed E-state index contributed by atoms with van der Waals surface area (Å²) in [4.78, 5) is 23.2. The molecule has 0 spiro atoms. The van der Waals surface area contributed by atoms with E-state index >= 15 is 0 Å². The summed E-state index contributed by atoms with van der Waals surface area (Å²) in [6, 6.07) is 4.31. The number of hydrogen-bond acceptors (Lipinski definition) is 4. The molecule has 0 fully saturated rings. The van der Waals surface area contributed by atoms with Gasteiger partial charge in [0.15, 0.2) is 5.43 Å². The highest BCUT2D eigenvalue weighted by molar-refractivity contribution is 5.82. The summed E-state index contributed by atoms with van der Waals surface area (Å²) in [7, 11) is 0. The number of carbonyl (C=O) groups excluding carboxylic acids is 1. The van der Waals surface area contributed by atoms with Crippen molar-refractivity contribution in [1.82, 2.24) is 0 Å². The fraction of sp³-hybridized carbons (Fsp3) is 0.231.